The highest BCUT2D eigenvalue weighted by atomic mass is 19.1. The maximum Gasteiger partial charge on any atom is 0.184 e. The Hall–Kier alpha value is -1.75. The van der Waals surface area contributed by atoms with Gasteiger partial charge in [0, 0.05) is 7.05 Å². The topological polar surface area (TPSA) is 42.7 Å². The number of hydrogen-bond acceptors (Lipinski definition) is 3. The van der Waals surface area contributed by atoms with E-state index in [1.54, 1.807) is 29.9 Å². The van der Waals surface area contributed by atoms with Crippen molar-refractivity contribution in [3.63, 3.8) is 0 Å². The smallest absolute Gasteiger partial charge is 0.184 e. The van der Waals surface area contributed by atoms with Gasteiger partial charge in [0.1, 0.15) is 11.6 Å². The highest BCUT2D eigenvalue weighted by Gasteiger charge is 2.11. The van der Waals surface area contributed by atoms with E-state index in [4.69, 9.17) is 0 Å². The number of rotatable bonds is 3. The third-order valence-electron chi connectivity index (χ3n) is 2.30. The highest BCUT2D eigenvalue weighted by Crippen LogP contribution is 2.18. The van der Waals surface area contributed by atoms with Gasteiger partial charge in [0.05, 0.1) is 12.1 Å². The molecule has 1 aromatic carbocycles. The van der Waals surface area contributed by atoms with E-state index in [-0.39, 0.29) is 5.82 Å². The normalized spacial score (nSPS) is 10.7. The molecule has 0 unspecified atom stereocenters. The van der Waals surface area contributed by atoms with Crippen molar-refractivity contribution in [2.45, 2.75) is 6.54 Å². The first-order valence-corrected chi connectivity index (χ1v) is 5.02. The second-order valence-electron chi connectivity index (χ2n) is 3.49. The molecule has 1 N–H and O–H groups in total. The molecular weight excluding hydrogens is 207 g/mol. The molecule has 2 aromatic rings. The van der Waals surface area contributed by atoms with Crippen molar-refractivity contribution in [3.05, 3.63) is 35.9 Å². The minimum absolute atomic E-state index is 0.302. The predicted octanol–water partition coefficient (Wildman–Crippen LogP) is 1.34. The Morgan fingerprint density at radius 2 is 2.12 bits per heavy atom. The molecule has 1 aromatic heterocycles. The molecule has 0 fully saturated rings. The van der Waals surface area contributed by atoms with Gasteiger partial charge >= 0.3 is 0 Å². The van der Waals surface area contributed by atoms with Gasteiger partial charge in [0.25, 0.3) is 0 Å². The van der Waals surface area contributed by atoms with E-state index >= 15 is 0 Å². The monoisotopic (exact) mass is 220 g/mol. The third-order valence-corrected chi connectivity index (χ3v) is 2.30. The van der Waals surface area contributed by atoms with Crippen molar-refractivity contribution < 1.29 is 4.39 Å². The minimum Gasteiger partial charge on any atom is -0.313 e. The van der Waals surface area contributed by atoms with E-state index in [1.807, 2.05) is 7.05 Å². The second kappa shape index (κ2) is 4.40. The lowest BCUT2D eigenvalue weighted by Crippen LogP contribution is -2.10. The molecule has 0 amide bonds. The average Bonchev–Trinajstić information content (AvgIpc) is 2.61. The summed E-state index contributed by atoms with van der Waals surface area (Å²) in [6.45, 7) is 0.609. The van der Waals surface area contributed by atoms with Crippen LogP contribution in [0.5, 0.6) is 0 Å². The van der Waals surface area contributed by atoms with Crippen LogP contribution in [-0.4, -0.2) is 21.8 Å². The maximum atomic E-state index is 13.5. The molecule has 4 nitrogen and oxygen atoms in total. The predicted molar refractivity (Wildman–Crippen MR) is 59.2 cm³/mol. The van der Waals surface area contributed by atoms with Crippen molar-refractivity contribution in [1.82, 2.24) is 20.1 Å². The molecule has 84 valence electrons. The van der Waals surface area contributed by atoms with Gasteiger partial charge in [-0.2, -0.15) is 5.10 Å². The Morgan fingerprint density at radius 1 is 1.38 bits per heavy atom. The Labute approximate surface area is 93.1 Å². The van der Waals surface area contributed by atoms with Crippen LogP contribution < -0.4 is 5.32 Å². The summed E-state index contributed by atoms with van der Waals surface area (Å²) >= 11 is 0. The fraction of sp³-hybridized carbons (Fsp3) is 0.273. The van der Waals surface area contributed by atoms with Crippen molar-refractivity contribution >= 4 is 0 Å². The molecule has 0 aliphatic rings. The number of nitrogens with zero attached hydrogens (tertiary/aromatic N) is 3. The van der Waals surface area contributed by atoms with Gasteiger partial charge in [-0.15, -0.1) is 0 Å². The first-order chi connectivity index (χ1) is 7.72. The lowest BCUT2D eigenvalue weighted by atomic mass is 10.2. The molecule has 0 aliphatic heterocycles. The summed E-state index contributed by atoms with van der Waals surface area (Å²) < 4.78 is 15.1. The molecule has 0 saturated heterocycles. The van der Waals surface area contributed by atoms with Crippen LogP contribution in [0.25, 0.3) is 11.4 Å². The molecular formula is C11H13FN4. The van der Waals surface area contributed by atoms with Crippen LogP contribution in [0.15, 0.2) is 24.3 Å². The number of aromatic nitrogens is 3. The number of benzene rings is 1. The Kier molecular flexibility index (Phi) is 2.96. The van der Waals surface area contributed by atoms with Crippen molar-refractivity contribution in [1.29, 1.82) is 0 Å². The first-order valence-electron chi connectivity index (χ1n) is 5.02. The van der Waals surface area contributed by atoms with E-state index in [0.29, 0.717) is 17.9 Å². The van der Waals surface area contributed by atoms with Crippen LogP contribution in [-0.2, 0) is 13.6 Å². The summed E-state index contributed by atoms with van der Waals surface area (Å²) in [5.41, 5.74) is 0.431. The Balaban J connectivity index is 2.42. The van der Waals surface area contributed by atoms with Crippen molar-refractivity contribution in [2.75, 3.05) is 7.05 Å². The molecule has 0 atom stereocenters. The molecule has 0 radical (unpaired) electrons. The summed E-state index contributed by atoms with van der Waals surface area (Å²) in [5, 5.41) is 7.17. The lowest BCUT2D eigenvalue weighted by molar-refractivity contribution is 0.629. The molecule has 0 saturated carbocycles. The molecule has 0 aliphatic carbocycles. The minimum atomic E-state index is -0.302. The molecule has 2 rings (SSSR count). The Morgan fingerprint density at radius 3 is 2.81 bits per heavy atom. The zero-order chi connectivity index (χ0) is 11.5. The largest absolute Gasteiger partial charge is 0.313 e. The average molecular weight is 220 g/mol. The molecule has 1 heterocycles. The number of hydrogen-bond donors (Lipinski definition) is 1. The summed E-state index contributed by atoms with van der Waals surface area (Å²) in [6.07, 6.45) is 0. The van der Waals surface area contributed by atoms with Gasteiger partial charge < -0.3 is 5.32 Å². The summed E-state index contributed by atoms with van der Waals surface area (Å²) in [5.74, 6) is 0.899. The molecule has 16 heavy (non-hydrogen) atoms. The zero-order valence-electron chi connectivity index (χ0n) is 9.24. The van der Waals surface area contributed by atoms with E-state index in [9.17, 15) is 4.39 Å². The fourth-order valence-electron chi connectivity index (χ4n) is 1.49. The summed E-state index contributed by atoms with van der Waals surface area (Å²) in [4.78, 5) is 4.28. The van der Waals surface area contributed by atoms with E-state index in [2.05, 4.69) is 15.4 Å². The Bertz CT molecular complexity index is 492. The second-order valence-corrected chi connectivity index (χ2v) is 3.49. The SMILES string of the molecule is CNCc1nc(-c2ccccc2F)nn1C. The maximum absolute atomic E-state index is 13.5. The summed E-state index contributed by atoms with van der Waals surface area (Å²) in [6, 6.07) is 6.50. The zero-order valence-corrected chi connectivity index (χ0v) is 9.24. The van der Waals surface area contributed by atoms with Gasteiger partial charge in [-0.3, -0.25) is 4.68 Å². The van der Waals surface area contributed by atoms with E-state index < -0.39 is 0 Å². The standard InChI is InChI=1S/C11H13FN4/c1-13-7-10-14-11(15-16(10)2)8-5-3-4-6-9(8)12/h3-6,13H,7H2,1-2H3. The van der Waals surface area contributed by atoms with Crippen LogP contribution in [0.4, 0.5) is 4.39 Å². The van der Waals surface area contributed by atoms with Crippen LogP contribution in [0, 0.1) is 5.82 Å². The molecule has 5 heteroatoms. The highest BCUT2D eigenvalue weighted by molar-refractivity contribution is 5.55. The molecule has 0 spiro atoms. The van der Waals surface area contributed by atoms with Crippen molar-refractivity contribution in [3.8, 4) is 11.4 Å². The fourth-order valence-corrected chi connectivity index (χ4v) is 1.49. The van der Waals surface area contributed by atoms with Gasteiger partial charge in [-0.1, -0.05) is 12.1 Å². The quantitative estimate of drug-likeness (QED) is 0.848. The third kappa shape index (κ3) is 1.94. The number of aryl methyl sites for hydroxylation is 1. The van der Waals surface area contributed by atoms with E-state index in [0.717, 1.165) is 5.82 Å². The van der Waals surface area contributed by atoms with Gasteiger partial charge in [-0.05, 0) is 19.2 Å². The number of halogens is 1. The van der Waals surface area contributed by atoms with Gasteiger partial charge in [0.2, 0.25) is 0 Å². The lowest BCUT2D eigenvalue weighted by Gasteiger charge is -1.95. The van der Waals surface area contributed by atoms with Gasteiger partial charge in [-0.25, -0.2) is 9.37 Å². The van der Waals surface area contributed by atoms with E-state index in [1.165, 1.54) is 6.07 Å². The molecule has 0 bridgehead atoms. The van der Waals surface area contributed by atoms with Crippen LogP contribution in [0.3, 0.4) is 0 Å². The van der Waals surface area contributed by atoms with Gasteiger partial charge in [0.15, 0.2) is 5.82 Å². The van der Waals surface area contributed by atoms with Crippen LogP contribution >= 0.6 is 0 Å². The van der Waals surface area contributed by atoms with Crippen molar-refractivity contribution in [2.24, 2.45) is 7.05 Å². The van der Waals surface area contributed by atoms with Crippen LogP contribution in [0.1, 0.15) is 5.82 Å². The summed E-state index contributed by atoms with van der Waals surface area (Å²) in [7, 11) is 3.63. The number of nitrogens with one attached hydrogen (secondary N) is 1. The van der Waals surface area contributed by atoms with Crippen LogP contribution in [0.2, 0.25) is 0 Å². The first kappa shape index (κ1) is 10.8.